The predicted molar refractivity (Wildman–Crippen MR) is 73.7 cm³/mol. The van der Waals surface area contributed by atoms with Crippen LogP contribution in [0.3, 0.4) is 0 Å². The van der Waals surface area contributed by atoms with E-state index in [1.54, 1.807) is 6.08 Å². The molecule has 0 saturated heterocycles. The highest BCUT2D eigenvalue weighted by atomic mass is 16.1. The summed E-state index contributed by atoms with van der Waals surface area (Å²) in [6.07, 6.45) is 7.72. The summed E-state index contributed by atoms with van der Waals surface area (Å²) in [7, 11) is 0. The molecule has 1 heteroatoms. The molecule has 0 aliphatic heterocycles. The normalized spacial score (nSPS) is 13.0. The number of hydrogen-bond donors (Lipinski definition) is 0. The van der Waals surface area contributed by atoms with Gasteiger partial charge in [0, 0.05) is 0 Å². The second-order valence-electron chi connectivity index (χ2n) is 4.89. The monoisotopic (exact) mass is 228 g/mol. The molecule has 0 radical (unpaired) electrons. The minimum atomic E-state index is 0.0339. The van der Waals surface area contributed by atoms with E-state index in [0.29, 0.717) is 0 Å². The van der Waals surface area contributed by atoms with Gasteiger partial charge in [-0.05, 0) is 30.4 Å². The van der Waals surface area contributed by atoms with Gasteiger partial charge in [-0.3, -0.25) is 4.79 Å². The van der Waals surface area contributed by atoms with Crippen molar-refractivity contribution >= 4 is 12.4 Å². The first kappa shape index (κ1) is 13.4. The van der Waals surface area contributed by atoms with Crippen LogP contribution in [0.2, 0.25) is 0 Å². The van der Waals surface area contributed by atoms with Gasteiger partial charge in [0.15, 0.2) is 0 Å². The summed E-state index contributed by atoms with van der Waals surface area (Å²) in [6.45, 7) is 6.31. The van der Waals surface area contributed by atoms with Crippen molar-refractivity contribution in [3.8, 4) is 0 Å². The van der Waals surface area contributed by atoms with E-state index in [-0.39, 0.29) is 5.41 Å². The molecular weight excluding hydrogens is 208 g/mol. The Morgan fingerprint density at radius 2 is 1.88 bits per heavy atom. The molecule has 0 heterocycles. The van der Waals surface area contributed by atoms with E-state index in [0.717, 1.165) is 18.3 Å². The van der Waals surface area contributed by atoms with Crippen molar-refractivity contribution in [3.63, 3.8) is 0 Å². The standard InChI is InChI=1S/C16H20O/c1-14(11-13-17)16(2,3)12-7-10-15-8-5-4-6-9-15/h4-11,13H,12H2,1-3H3/b10-7+,14-11+. The molecule has 1 aromatic rings. The van der Waals surface area contributed by atoms with Crippen molar-refractivity contribution in [2.24, 2.45) is 5.41 Å². The number of benzene rings is 1. The first-order valence-electron chi connectivity index (χ1n) is 5.90. The molecule has 0 saturated carbocycles. The van der Waals surface area contributed by atoms with Crippen LogP contribution < -0.4 is 0 Å². The van der Waals surface area contributed by atoms with Gasteiger partial charge in [0.05, 0.1) is 0 Å². The molecule has 1 rings (SSSR count). The summed E-state index contributed by atoms with van der Waals surface area (Å²) >= 11 is 0. The van der Waals surface area contributed by atoms with E-state index in [4.69, 9.17) is 0 Å². The second kappa shape index (κ2) is 6.19. The van der Waals surface area contributed by atoms with Gasteiger partial charge in [0.25, 0.3) is 0 Å². The lowest BCUT2D eigenvalue weighted by Crippen LogP contribution is -2.11. The lowest BCUT2D eigenvalue weighted by atomic mass is 9.81. The van der Waals surface area contributed by atoms with Gasteiger partial charge < -0.3 is 0 Å². The number of allylic oxidation sites excluding steroid dienone is 3. The van der Waals surface area contributed by atoms with Gasteiger partial charge >= 0.3 is 0 Å². The van der Waals surface area contributed by atoms with E-state index in [1.807, 2.05) is 25.1 Å². The predicted octanol–water partition coefficient (Wildman–Crippen LogP) is 4.26. The Kier molecular flexibility index (Phi) is 4.89. The summed E-state index contributed by atoms with van der Waals surface area (Å²) in [4.78, 5) is 10.5. The lowest BCUT2D eigenvalue weighted by Gasteiger charge is -2.23. The smallest absolute Gasteiger partial charge is 0.142 e. The van der Waals surface area contributed by atoms with E-state index in [9.17, 15) is 4.79 Å². The largest absolute Gasteiger partial charge is 0.299 e. The van der Waals surface area contributed by atoms with Crippen molar-refractivity contribution < 1.29 is 4.79 Å². The fraction of sp³-hybridized carbons (Fsp3) is 0.312. The van der Waals surface area contributed by atoms with Gasteiger partial charge in [-0.1, -0.05) is 61.9 Å². The minimum Gasteiger partial charge on any atom is -0.299 e. The molecular formula is C16H20O. The molecule has 0 spiro atoms. The summed E-state index contributed by atoms with van der Waals surface area (Å²) in [5, 5.41) is 0. The number of carbonyl (C=O) groups excluding carboxylic acids is 1. The zero-order valence-electron chi connectivity index (χ0n) is 10.8. The Morgan fingerprint density at radius 1 is 1.24 bits per heavy atom. The lowest BCUT2D eigenvalue weighted by molar-refractivity contribution is -0.104. The number of hydrogen-bond acceptors (Lipinski definition) is 1. The van der Waals surface area contributed by atoms with E-state index in [1.165, 1.54) is 5.56 Å². The average molecular weight is 228 g/mol. The van der Waals surface area contributed by atoms with Gasteiger partial charge in [-0.15, -0.1) is 0 Å². The quantitative estimate of drug-likeness (QED) is 0.543. The number of carbonyl (C=O) groups is 1. The average Bonchev–Trinajstić information content (AvgIpc) is 2.30. The number of aldehydes is 1. The highest BCUT2D eigenvalue weighted by molar-refractivity contribution is 5.66. The van der Waals surface area contributed by atoms with E-state index >= 15 is 0 Å². The van der Waals surface area contributed by atoms with Gasteiger partial charge in [0.1, 0.15) is 6.29 Å². The fourth-order valence-corrected chi connectivity index (χ4v) is 1.54. The maximum absolute atomic E-state index is 10.5. The van der Waals surface area contributed by atoms with Crippen LogP contribution >= 0.6 is 0 Å². The van der Waals surface area contributed by atoms with Crippen LogP contribution in [0.4, 0.5) is 0 Å². The molecule has 0 bridgehead atoms. The van der Waals surface area contributed by atoms with Crippen molar-refractivity contribution in [1.82, 2.24) is 0 Å². The van der Waals surface area contributed by atoms with Crippen molar-refractivity contribution in [3.05, 3.63) is 53.6 Å². The minimum absolute atomic E-state index is 0.0339. The fourth-order valence-electron chi connectivity index (χ4n) is 1.54. The van der Waals surface area contributed by atoms with Crippen LogP contribution in [0.5, 0.6) is 0 Å². The molecule has 1 aromatic carbocycles. The zero-order valence-corrected chi connectivity index (χ0v) is 10.8. The van der Waals surface area contributed by atoms with Gasteiger partial charge in [0.2, 0.25) is 0 Å². The van der Waals surface area contributed by atoms with Crippen molar-refractivity contribution in [1.29, 1.82) is 0 Å². The summed E-state index contributed by atoms with van der Waals surface area (Å²) < 4.78 is 0. The summed E-state index contributed by atoms with van der Waals surface area (Å²) in [6, 6.07) is 10.2. The van der Waals surface area contributed by atoms with Crippen LogP contribution in [-0.4, -0.2) is 6.29 Å². The molecule has 90 valence electrons. The van der Waals surface area contributed by atoms with Crippen LogP contribution in [-0.2, 0) is 4.79 Å². The molecule has 17 heavy (non-hydrogen) atoms. The highest BCUT2D eigenvalue weighted by Gasteiger charge is 2.17. The van der Waals surface area contributed by atoms with E-state index in [2.05, 4.69) is 38.1 Å². The van der Waals surface area contributed by atoms with E-state index < -0.39 is 0 Å². The first-order valence-corrected chi connectivity index (χ1v) is 5.90. The molecule has 0 amide bonds. The topological polar surface area (TPSA) is 17.1 Å². The molecule has 0 N–H and O–H groups in total. The summed E-state index contributed by atoms with van der Waals surface area (Å²) in [5.74, 6) is 0. The third kappa shape index (κ3) is 4.39. The third-order valence-electron chi connectivity index (χ3n) is 3.12. The van der Waals surface area contributed by atoms with Crippen molar-refractivity contribution in [2.45, 2.75) is 27.2 Å². The Balaban J connectivity index is 2.64. The maximum Gasteiger partial charge on any atom is 0.142 e. The van der Waals surface area contributed by atoms with Crippen LogP contribution in [0.25, 0.3) is 6.08 Å². The van der Waals surface area contributed by atoms with Crippen LogP contribution in [0.1, 0.15) is 32.8 Å². The number of rotatable bonds is 5. The van der Waals surface area contributed by atoms with Gasteiger partial charge in [-0.2, -0.15) is 0 Å². The zero-order chi connectivity index (χ0) is 12.7. The molecule has 1 nitrogen and oxygen atoms in total. The molecule has 0 aromatic heterocycles. The molecule has 0 fully saturated rings. The van der Waals surface area contributed by atoms with Crippen LogP contribution in [0.15, 0.2) is 48.1 Å². The molecule has 0 aliphatic carbocycles. The molecule has 0 aliphatic rings. The summed E-state index contributed by atoms with van der Waals surface area (Å²) in [5.41, 5.74) is 2.36. The second-order valence-corrected chi connectivity index (χ2v) is 4.89. The van der Waals surface area contributed by atoms with Crippen molar-refractivity contribution in [2.75, 3.05) is 0 Å². The Bertz CT molecular complexity index is 410. The highest BCUT2D eigenvalue weighted by Crippen LogP contribution is 2.30. The Labute approximate surface area is 104 Å². The van der Waals surface area contributed by atoms with Gasteiger partial charge in [-0.25, -0.2) is 0 Å². The third-order valence-corrected chi connectivity index (χ3v) is 3.12. The Morgan fingerprint density at radius 3 is 2.47 bits per heavy atom. The maximum atomic E-state index is 10.5. The molecule has 0 unspecified atom stereocenters. The molecule has 0 atom stereocenters. The SMILES string of the molecule is C/C(=C\C=O)C(C)(C)C/C=C/c1ccccc1. The first-order chi connectivity index (χ1) is 8.06. The Hall–Kier alpha value is -1.63. The van der Waals surface area contributed by atoms with Crippen LogP contribution in [0, 0.1) is 5.41 Å².